The molecule has 1 aliphatic rings. The van der Waals surface area contributed by atoms with Crippen LogP contribution in [-0.2, 0) is 0 Å². The molecule has 16 heavy (non-hydrogen) atoms. The van der Waals surface area contributed by atoms with E-state index in [0.717, 1.165) is 19.4 Å². The second-order valence-corrected chi connectivity index (χ2v) is 4.14. The van der Waals surface area contributed by atoms with Gasteiger partial charge in [0.1, 0.15) is 10.8 Å². The molecule has 1 unspecified atom stereocenters. The molecule has 1 atom stereocenters. The van der Waals surface area contributed by atoms with Crippen molar-refractivity contribution in [2.75, 3.05) is 13.7 Å². The van der Waals surface area contributed by atoms with E-state index >= 15 is 0 Å². The van der Waals surface area contributed by atoms with Gasteiger partial charge < -0.3 is 10.1 Å². The molecule has 1 N–H and O–H groups in total. The summed E-state index contributed by atoms with van der Waals surface area (Å²) in [4.78, 5) is 0. The van der Waals surface area contributed by atoms with Crippen LogP contribution in [0.25, 0.3) is 0 Å². The van der Waals surface area contributed by atoms with Crippen LogP contribution in [0, 0.1) is 11.6 Å². The van der Waals surface area contributed by atoms with Crippen molar-refractivity contribution < 1.29 is 13.5 Å². The van der Waals surface area contributed by atoms with Crippen molar-refractivity contribution in [1.29, 1.82) is 0 Å². The average molecular weight is 248 g/mol. The van der Waals surface area contributed by atoms with Gasteiger partial charge in [-0.1, -0.05) is 11.6 Å². The highest BCUT2D eigenvalue weighted by atomic mass is 35.5. The Morgan fingerprint density at radius 2 is 2.25 bits per heavy atom. The Morgan fingerprint density at radius 3 is 2.81 bits per heavy atom. The molecule has 2 nitrogen and oxygen atoms in total. The lowest BCUT2D eigenvalue weighted by molar-refractivity contribution is 0.373. The van der Waals surface area contributed by atoms with Gasteiger partial charge in [-0.2, -0.15) is 0 Å². The third-order valence-corrected chi connectivity index (χ3v) is 3.13. The van der Waals surface area contributed by atoms with Gasteiger partial charge in [-0.05, 0) is 25.5 Å². The van der Waals surface area contributed by atoms with Gasteiger partial charge in [0.15, 0.2) is 11.6 Å². The van der Waals surface area contributed by atoms with Crippen LogP contribution in [-0.4, -0.2) is 13.7 Å². The van der Waals surface area contributed by atoms with Gasteiger partial charge in [-0.3, -0.25) is 0 Å². The first-order valence-electron chi connectivity index (χ1n) is 5.10. The fraction of sp³-hybridized carbons (Fsp3) is 0.455. The van der Waals surface area contributed by atoms with Crippen molar-refractivity contribution in [3.8, 4) is 5.75 Å². The summed E-state index contributed by atoms with van der Waals surface area (Å²) >= 11 is 5.49. The topological polar surface area (TPSA) is 21.3 Å². The summed E-state index contributed by atoms with van der Waals surface area (Å²) in [7, 11) is 1.35. The SMILES string of the molecule is COc1c(C2CCCN2)cc(F)c(Cl)c1F. The lowest BCUT2D eigenvalue weighted by Gasteiger charge is -2.16. The number of benzene rings is 1. The standard InChI is InChI=1S/C11H12ClF2NO/c1-16-11-6(8-3-2-4-15-8)5-7(13)9(12)10(11)14/h5,8,15H,2-4H2,1H3. The Labute approximate surface area is 97.5 Å². The quantitative estimate of drug-likeness (QED) is 0.811. The summed E-state index contributed by atoms with van der Waals surface area (Å²) in [5.41, 5.74) is 0.499. The summed E-state index contributed by atoms with van der Waals surface area (Å²) in [5, 5.41) is 2.65. The van der Waals surface area contributed by atoms with Gasteiger partial charge >= 0.3 is 0 Å². The number of hydrogen-bond acceptors (Lipinski definition) is 2. The molecular weight excluding hydrogens is 236 g/mol. The molecule has 0 radical (unpaired) electrons. The third kappa shape index (κ3) is 1.87. The van der Waals surface area contributed by atoms with Crippen molar-refractivity contribution in [2.45, 2.75) is 18.9 Å². The molecule has 0 aromatic heterocycles. The Morgan fingerprint density at radius 1 is 1.50 bits per heavy atom. The lowest BCUT2D eigenvalue weighted by Crippen LogP contribution is -2.15. The first-order valence-corrected chi connectivity index (χ1v) is 5.47. The number of ether oxygens (including phenoxy) is 1. The fourth-order valence-corrected chi connectivity index (χ4v) is 2.15. The number of nitrogens with one attached hydrogen (secondary N) is 1. The van der Waals surface area contributed by atoms with E-state index in [1.165, 1.54) is 13.2 Å². The van der Waals surface area contributed by atoms with E-state index in [1.807, 2.05) is 0 Å². The van der Waals surface area contributed by atoms with Crippen LogP contribution >= 0.6 is 11.6 Å². The minimum Gasteiger partial charge on any atom is -0.493 e. The van der Waals surface area contributed by atoms with Gasteiger partial charge in [0.2, 0.25) is 0 Å². The molecule has 1 aromatic carbocycles. The van der Waals surface area contributed by atoms with Crippen LogP contribution in [0.2, 0.25) is 5.02 Å². The maximum atomic E-state index is 13.7. The molecule has 0 amide bonds. The molecule has 1 fully saturated rings. The van der Waals surface area contributed by atoms with E-state index in [9.17, 15) is 8.78 Å². The molecule has 1 heterocycles. The van der Waals surface area contributed by atoms with E-state index < -0.39 is 16.7 Å². The van der Waals surface area contributed by atoms with Gasteiger partial charge in [-0.15, -0.1) is 0 Å². The highest BCUT2D eigenvalue weighted by molar-refractivity contribution is 6.31. The van der Waals surface area contributed by atoms with Crippen LogP contribution in [0.3, 0.4) is 0 Å². The number of rotatable bonds is 2. The first-order chi connectivity index (χ1) is 7.65. The van der Waals surface area contributed by atoms with E-state index in [-0.39, 0.29) is 11.8 Å². The Hall–Kier alpha value is -0.870. The van der Waals surface area contributed by atoms with Crippen LogP contribution in [0.4, 0.5) is 8.78 Å². The highest BCUT2D eigenvalue weighted by Gasteiger charge is 2.25. The van der Waals surface area contributed by atoms with Crippen LogP contribution in [0.5, 0.6) is 5.75 Å². The molecule has 0 saturated carbocycles. The molecule has 0 bridgehead atoms. The van der Waals surface area contributed by atoms with Gasteiger partial charge in [0.05, 0.1) is 7.11 Å². The van der Waals surface area contributed by atoms with Crippen LogP contribution < -0.4 is 10.1 Å². The molecule has 88 valence electrons. The van der Waals surface area contributed by atoms with Crippen molar-refractivity contribution in [2.24, 2.45) is 0 Å². The molecule has 1 aromatic rings. The van der Waals surface area contributed by atoms with Crippen molar-refractivity contribution in [3.05, 3.63) is 28.3 Å². The van der Waals surface area contributed by atoms with E-state index in [4.69, 9.17) is 16.3 Å². The van der Waals surface area contributed by atoms with E-state index in [1.54, 1.807) is 0 Å². The number of methoxy groups -OCH3 is 1. The van der Waals surface area contributed by atoms with Crippen molar-refractivity contribution in [1.82, 2.24) is 5.32 Å². The molecule has 1 saturated heterocycles. The van der Waals surface area contributed by atoms with Crippen LogP contribution in [0.1, 0.15) is 24.4 Å². The fourth-order valence-electron chi connectivity index (χ4n) is 2.01. The summed E-state index contributed by atoms with van der Waals surface area (Å²) in [6, 6.07) is 1.18. The van der Waals surface area contributed by atoms with Gasteiger partial charge in [0, 0.05) is 11.6 Å². The molecule has 0 aliphatic carbocycles. The molecule has 0 spiro atoms. The van der Waals surface area contributed by atoms with E-state index in [0.29, 0.717) is 5.56 Å². The van der Waals surface area contributed by atoms with Crippen molar-refractivity contribution >= 4 is 11.6 Å². The molecular formula is C11H12ClF2NO. The maximum absolute atomic E-state index is 13.7. The van der Waals surface area contributed by atoms with Crippen molar-refractivity contribution in [3.63, 3.8) is 0 Å². The van der Waals surface area contributed by atoms with Gasteiger partial charge in [0.25, 0.3) is 0 Å². The third-order valence-electron chi connectivity index (χ3n) is 2.79. The summed E-state index contributed by atoms with van der Waals surface area (Å²) in [6.07, 6.45) is 1.83. The smallest absolute Gasteiger partial charge is 0.186 e. The number of halogens is 3. The Bertz CT molecular complexity index is 405. The zero-order chi connectivity index (χ0) is 11.7. The zero-order valence-corrected chi connectivity index (χ0v) is 9.57. The highest BCUT2D eigenvalue weighted by Crippen LogP contribution is 2.37. The van der Waals surface area contributed by atoms with Crippen LogP contribution in [0.15, 0.2) is 6.07 Å². The second-order valence-electron chi connectivity index (χ2n) is 3.76. The lowest BCUT2D eigenvalue weighted by atomic mass is 10.0. The van der Waals surface area contributed by atoms with Gasteiger partial charge in [-0.25, -0.2) is 8.78 Å². The predicted octanol–water partition coefficient (Wildman–Crippen LogP) is 3.05. The maximum Gasteiger partial charge on any atom is 0.186 e. The number of hydrogen-bond donors (Lipinski definition) is 1. The normalized spacial score (nSPS) is 20.1. The molecule has 2 rings (SSSR count). The Kier molecular flexibility index (Phi) is 3.30. The minimum absolute atomic E-state index is 0.0331. The summed E-state index contributed by atoms with van der Waals surface area (Å²) < 4.78 is 32.0. The molecule has 5 heteroatoms. The minimum atomic E-state index is -0.826. The molecule has 1 aliphatic heterocycles. The zero-order valence-electron chi connectivity index (χ0n) is 8.82. The average Bonchev–Trinajstić information content (AvgIpc) is 2.79. The largest absolute Gasteiger partial charge is 0.493 e. The Balaban J connectivity index is 2.50. The predicted molar refractivity (Wildman–Crippen MR) is 57.9 cm³/mol. The second kappa shape index (κ2) is 4.55. The summed E-state index contributed by atoms with van der Waals surface area (Å²) in [6.45, 7) is 0.847. The monoisotopic (exact) mass is 247 g/mol. The summed E-state index contributed by atoms with van der Waals surface area (Å²) in [5.74, 6) is -1.54. The van der Waals surface area contributed by atoms with E-state index in [2.05, 4.69) is 5.32 Å². The first kappa shape index (κ1) is 11.6.